The number of aromatic amines is 1. The fraction of sp³-hybridized carbons (Fsp3) is 0.400. The molecule has 4 aromatic rings. The van der Waals surface area contributed by atoms with Gasteiger partial charge in [0.25, 0.3) is 5.91 Å². The highest BCUT2D eigenvalue weighted by Crippen LogP contribution is 2.37. The molecule has 1 saturated heterocycles. The summed E-state index contributed by atoms with van der Waals surface area (Å²) in [6.07, 6.45) is 2.85. The number of likely N-dealkylation sites (N-methyl/N-ethyl adjacent to an activating group) is 1. The van der Waals surface area contributed by atoms with Gasteiger partial charge in [0, 0.05) is 55.3 Å². The highest BCUT2D eigenvalue weighted by atomic mass is 28.2. The first-order valence-electron chi connectivity index (χ1n) is 13.4. The van der Waals surface area contributed by atoms with E-state index in [4.69, 9.17) is 0 Å². The van der Waals surface area contributed by atoms with Crippen molar-refractivity contribution in [3.05, 3.63) is 59.3 Å². The molecule has 7 heteroatoms. The number of amides is 1. The van der Waals surface area contributed by atoms with Gasteiger partial charge < -0.3 is 20.1 Å². The molecule has 1 amide bonds. The number of nitrogens with zero attached hydrogens (tertiary/aromatic N) is 3. The first-order valence-corrected chi connectivity index (χ1v) is 14.6. The summed E-state index contributed by atoms with van der Waals surface area (Å²) >= 11 is 0. The van der Waals surface area contributed by atoms with Crippen molar-refractivity contribution in [1.82, 2.24) is 25.1 Å². The summed E-state index contributed by atoms with van der Waals surface area (Å²) in [5, 5.41) is 6.80. The summed E-state index contributed by atoms with van der Waals surface area (Å²) in [5.41, 5.74) is 6.92. The predicted molar refractivity (Wildman–Crippen MR) is 155 cm³/mol. The van der Waals surface area contributed by atoms with E-state index in [0.29, 0.717) is 6.54 Å². The number of carbonyl (C=O) groups is 1. The molecule has 1 aliphatic rings. The molecule has 37 heavy (non-hydrogen) atoms. The molecule has 2 N–H and O–H groups in total. The van der Waals surface area contributed by atoms with Crippen molar-refractivity contribution in [1.29, 1.82) is 0 Å². The summed E-state index contributed by atoms with van der Waals surface area (Å²) < 4.78 is 0. The SMILES string of the molecule is CC[Si]c1cccc(-c2cc(C(=O)NCCCN3CCN(C)CC3)c(C)c3[nH]c4ncc(C)cc4c23)c1. The molecule has 2 radical (unpaired) electrons. The Morgan fingerprint density at radius 2 is 1.95 bits per heavy atom. The van der Waals surface area contributed by atoms with E-state index in [1.54, 1.807) is 0 Å². The third-order valence-corrected chi connectivity index (χ3v) is 8.53. The molecule has 192 valence electrons. The van der Waals surface area contributed by atoms with Crippen LogP contribution in [0.15, 0.2) is 42.6 Å². The van der Waals surface area contributed by atoms with Gasteiger partial charge in [-0.05, 0) is 68.2 Å². The standard InChI is InChI=1S/C30H37N5OSi/c1-5-37-23-9-6-8-22(17-23)25-18-24(30(36)31-10-7-11-35-14-12-34(4)13-15-35)21(3)28-27(25)26-16-20(2)19-32-29(26)33-28/h6,8-9,16-19H,5,7,10-15H2,1-4H3,(H,31,36)(H,32,33). The van der Waals surface area contributed by atoms with Gasteiger partial charge in [-0.2, -0.15) is 0 Å². The lowest BCUT2D eigenvalue weighted by molar-refractivity contribution is 0.0949. The maximum atomic E-state index is 13.5. The predicted octanol–water partition coefficient (Wildman–Crippen LogP) is 4.13. The van der Waals surface area contributed by atoms with Gasteiger partial charge in [0.15, 0.2) is 0 Å². The molecular formula is C30H37N5OSi. The van der Waals surface area contributed by atoms with E-state index in [0.717, 1.165) is 104 Å². The second kappa shape index (κ2) is 11.2. The molecule has 3 heterocycles. The minimum Gasteiger partial charge on any atom is -0.352 e. The third kappa shape index (κ3) is 5.49. The topological polar surface area (TPSA) is 64.3 Å². The fourth-order valence-corrected chi connectivity index (χ4v) is 6.21. The van der Waals surface area contributed by atoms with E-state index in [1.165, 1.54) is 5.19 Å². The molecule has 6 nitrogen and oxygen atoms in total. The van der Waals surface area contributed by atoms with Crippen LogP contribution in [-0.2, 0) is 0 Å². The number of H-pyrrole nitrogens is 1. The van der Waals surface area contributed by atoms with Crippen molar-refractivity contribution in [3.8, 4) is 11.1 Å². The Labute approximate surface area is 222 Å². The number of nitrogens with one attached hydrogen (secondary N) is 2. The van der Waals surface area contributed by atoms with Crippen molar-refractivity contribution in [2.24, 2.45) is 0 Å². The Morgan fingerprint density at radius 1 is 1.14 bits per heavy atom. The van der Waals surface area contributed by atoms with Gasteiger partial charge in [0.2, 0.25) is 0 Å². The van der Waals surface area contributed by atoms with Crippen LogP contribution in [0.3, 0.4) is 0 Å². The van der Waals surface area contributed by atoms with Crippen LogP contribution in [0.1, 0.15) is 34.8 Å². The van der Waals surface area contributed by atoms with Crippen LogP contribution in [0.2, 0.25) is 6.04 Å². The summed E-state index contributed by atoms with van der Waals surface area (Å²) in [6.45, 7) is 12.5. The molecular weight excluding hydrogens is 474 g/mol. The van der Waals surface area contributed by atoms with Gasteiger partial charge >= 0.3 is 0 Å². The lowest BCUT2D eigenvalue weighted by Gasteiger charge is -2.32. The number of aromatic nitrogens is 2. The maximum absolute atomic E-state index is 13.5. The number of carbonyl (C=O) groups excluding carboxylic acids is 1. The second-order valence-corrected chi connectivity index (χ2v) is 11.9. The first-order chi connectivity index (χ1) is 17.9. The zero-order valence-electron chi connectivity index (χ0n) is 22.4. The van der Waals surface area contributed by atoms with E-state index in [2.05, 4.69) is 82.4 Å². The summed E-state index contributed by atoms with van der Waals surface area (Å²) in [5.74, 6) is -0.00610. The van der Waals surface area contributed by atoms with Crippen molar-refractivity contribution >= 4 is 42.5 Å². The Kier molecular flexibility index (Phi) is 7.74. The number of hydrogen-bond acceptors (Lipinski definition) is 4. The van der Waals surface area contributed by atoms with E-state index in [-0.39, 0.29) is 5.91 Å². The van der Waals surface area contributed by atoms with E-state index in [1.807, 2.05) is 13.1 Å². The van der Waals surface area contributed by atoms with Gasteiger partial charge in [-0.3, -0.25) is 4.79 Å². The van der Waals surface area contributed by atoms with Crippen molar-refractivity contribution in [3.63, 3.8) is 0 Å². The molecule has 1 aliphatic heterocycles. The van der Waals surface area contributed by atoms with Crippen molar-refractivity contribution < 1.29 is 4.79 Å². The average Bonchev–Trinajstić information content (AvgIpc) is 3.27. The lowest BCUT2D eigenvalue weighted by atomic mass is 9.93. The molecule has 0 unspecified atom stereocenters. The molecule has 0 saturated carbocycles. The molecule has 0 aliphatic carbocycles. The highest BCUT2D eigenvalue weighted by molar-refractivity contribution is 6.53. The monoisotopic (exact) mass is 511 g/mol. The van der Waals surface area contributed by atoms with Crippen LogP contribution in [0.25, 0.3) is 33.1 Å². The zero-order valence-corrected chi connectivity index (χ0v) is 23.4. The molecule has 5 rings (SSSR count). The van der Waals surface area contributed by atoms with Gasteiger partial charge in [0.05, 0.1) is 15.0 Å². The summed E-state index contributed by atoms with van der Waals surface area (Å²) in [7, 11) is 2.95. The number of rotatable bonds is 8. The average molecular weight is 512 g/mol. The van der Waals surface area contributed by atoms with Crippen LogP contribution < -0.4 is 10.5 Å². The first kappa shape index (κ1) is 25.6. The zero-order chi connectivity index (χ0) is 25.9. The van der Waals surface area contributed by atoms with E-state index >= 15 is 0 Å². The van der Waals surface area contributed by atoms with E-state index in [9.17, 15) is 4.79 Å². The number of fused-ring (bicyclic) bond motifs is 3. The van der Waals surface area contributed by atoms with Crippen LogP contribution in [0.4, 0.5) is 0 Å². The normalized spacial score (nSPS) is 15.0. The van der Waals surface area contributed by atoms with Gasteiger partial charge in [0.1, 0.15) is 5.65 Å². The molecule has 2 aromatic carbocycles. The molecule has 0 bridgehead atoms. The van der Waals surface area contributed by atoms with Crippen LogP contribution in [0.5, 0.6) is 0 Å². The minimum atomic E-state index is -0.00610. The smallest absolute Gasteiger partial charge is 0.251 e. The summed E-state index contributed by atoms with van der Waals surface area (Å²) in [6, 6.07) is 14.2. The largest absolute Gasteiger partial charge is 0.352 e. The molecule has 2 aromatic heterocycles. The number of pyridine rings is 1. The van der Waals surface area contributed by atoms with Gasteiger partial charge in [-0.15, -0.1) is 0 Å². The molecule has 0 atom stereocenters. The second-order valence-electron chi connectivity index (χ2n) is 10.2. The Balaban J connectivity index is 1.47. The molecule has 1 fully saturated rings. The number of hydrogen-bond donors (Lipinski definition) is 2. The number of piperazine rings is 1. The quantitative estimate of drug-likeness (QED) is 0.276. The lowest BCUT2D eigenvalue weighted by Crippen LogP contribution is -2.45. The number of aryl methyl sites for hydroxylation is 2. The minimum absolute atomic E-state index is 0.00610. The Morgan fingerprint density at radius 3 is 2.73 bits per heavy atom. The van der Waals surface area contributed by atoms with Gasteiger partial charge in [-0.25, -0.2) is 4.98 Å². The fourth-order valence-electron chi connectivity index (χ4n) is 5.33. The van der Waals surface area contributed by atoms with Crippen LogP contribution >= 0.6 is 0 Å². The highest BCUT2D eigenvalue weighted by Gasteiger charge is 2.20. The van der Waals surface area contributed by atoms with Crippen LogP contribution in [-0.4, -0.2) is 81.5 Å². The van der Waals surface area contributed by atoms with Crippen molar-refractivity contribution in [2.75, 3.05) is 46.3 Å². The Hall–Kier alpha value is -3.00. The summed E-state index contributed by atoms with van der Waals surface area (Å²) in [4.78, 5) is 26.5. The number of benzene rings is 2. The van der Waals surface area contributed by atoms with Crippen LogP contribution in [0, 0.1) is 13.8 Å². The van der Waals surface area contributed by atoms with E-state index < -0.39 is 0 Å². The van der Waals surface area contributed by atoms with Crippen molar-refractivity contribution in [2.45, 2.75) is 33.2 Å². The maximum Gasteiger partial charge on any atom is 0.251 e. The Bertz CT molecular complexity index is 1420. The molecule has 0 spiro atoms. The van der Waals surface area contributed by atoms with Gasteiger partial charge in [-0.1, -0.05) is 42.4 Å². The third-order valence-electron chi connectivity index (χ3n) is 7.46.